The van der Waals surface area contributed by atoms with Crippen LogP contribution in [0.15, 0.2) is 36.5 Å². The van der Waals surface area contributed by atoms with E-state index in [0.717, 1.165) is 11.3 Å². The molecule has 1 aromatic carbocycles. The largest absolute Gasteiger partial charge is 0.256 e. The first-order valence-electron chi connectivity index (χ1n) is 4.05. The normalized spacial score (nSPS) is 10.1. The molecule has 0 bridgehead atoms. The Labute approximate surface area is 92.3 Å². The van der Waals surface area contributed by atoms with Gasteiger partial charge in [0.1, 0.15) is 0 Å². The second-order valence-electron chi connectivity index (χ2n) is 2.74. The number of hydrogen-bond donors (Lipinski definition) is 0. The van der Waals surface area contributed by atoms with Gasteiger partial charge in [-0.05, 0) is 12.1 Å². The van der Waals surface area contributed by atoms with E-state index in [9.17, 15) is 0 Å². The zero-order valence-electron chi connectivity index (χ0n) is 7.17. The highest BCUT2D eigenvalue weighted by molar-refractivity contribution is 6.43. The second-order valence-corrected chi connectivity index (χ2v) is 3.53. The van der Waals surface area contributed by atoms with Crippen molar-refractivity contribution in [3.63, 3.8) is 0 Å². The van der Waals surface area contributed by atoms with Gasteiger partial charge in [0.2, 0.25) is 0 Å². The third-order valence-corrected chi connectivity index (χ3v) is 2.66. The smallest absolute Gasteiger partial charge is 0.0717 e. The summed E-state index contributed by atoms with van der Waals surface area (Å²) in [6, 6.07) is 12.0. The Balaban J connectivity index is 2.58. The molecule has 0 aliphatic carbocycles. The molecule has 2 aromatic rings. The highest BCUT2D eigenvalue weighted by atomic mass is 35.5. The highest BCUT2D eigenvalue weighted by Crippen LogP contribution is 2.31. The van der Waals surface area contributed by atoms with E-state index in [0.29, 0.717) is 10.0 Å². The molecule has 69 valence electrons. The Morgan fingerprint density at radius 2 is 2.00 bits per heavy atom. The molecule has 14 heavy (non-hydrogen) atoms. The Morgan fingerprint density at radius 1 is 1.14 bits per heavy atom. The van der Waals surface area contributed by atoms with Gasteiger partial charge in [-0.25, -0.2) is 0 Å². The molecule has 0 atom stereocenters. The van der Waals surface area contributed by atoms with Crippen molar-refractivity contribution < 1.29 is 0 Å². The maximum absolute atomic E-state index is 6.05. The zero-order valence-corrected chi connectivity index (χ0v) is 8.68. The minimum atomic E-state index is 0.535. The molecule has 1 heterocycles. The topological polar surface area (TPSA) is 12.9 Å². The molecule has 0 unspecified atom stereocenters. The molecule has 0 aliphatic rings. The summed E-state index contributed by atoms with van der Waals surface area (Å²) in [4.78, 5) is 4.15. The number of halogens is 2. The van der Waals surface area contributed by atoms with Crippen molar-refractivity contribution in [2.24, 2.45) is 0 Å². The van der Waals surface area contributed by atoms with E-state index < -0.39 is 0 Å². The maximum Gasteiger partial charge on any atom is 0.0717 e. The number of nitrogens with zero attached hydrogens (tertiary/aromatic N) is 1. The molecule has 0 N–H and O–H groups in total. The van der Waals surface area contributed by atoms with Gasteiger partial charge in [-0.3, -0.25) is 4.98 Å². The molecule has 0 aliphatic heterocycles. The van der Waals surface area contributed by atoms with E-state index in [1.54, 1.807) is 18.3 Å². The fraction of sp³-hybridized carbons (Fsp3) is 0. The van der Waals surface area contributed by atoms with Gasteiger partial charge in [0, 0.05) is 17.8 Å². The van der Waals surface area contributed by atoms with Crippen LogP contribution >= 0.6 is 23.2 Å². The highest BCUT2D eigenvalue weighted by Gasteiger charge is 2.06. The third kappa shape index (κ3) is 1.74. The van der Waals surface area contributed by atoms with Crippen LogP contribution in [0.25, 0.3) is 11.3 Å². The van der Waals surface area contributed by atoms with Crippen molar-refractivity contribution >= 4 is 23.2 Å². The quantitative estimate of drug-likeness (QED) is 0.715. The molecule has 1 aromatic heterocycles. The Kier molecular flexibility index (Phi) is 2.71. The lowest BCUT2D eigenvalue weighted by atomic mass is 10.1. The maximum atomic E-state index is 6.05. The van der Waals surface area contributed by atoms with Crippen LogP contribution in [0.4, 0.5) is 0 Å². The van der Waals surface area contributed by atoms with E-state index >= 15 is 0 Å². The van der Waals surface area contributed by atoms with Gasteiger partial charge in [0.05, 0.1) is 15.7 Å². The molecular weight excluding hydrogens is 217 g/mol. The standard InChI is InChI=1S/C11H6Cl2N/c12-9-5-3-4-8(11(9)13)10-6-1-2-7-14-10/h1,3-7H. The summed E-state index contributed by atoms with van der Waals surface area (Å²) >= 11 is 11.9. The number of pyridine rings is 1. The lowest BCUT2D eigenvalue weighted by molar-refractivity contribution is 1.32. The van der Waals surface area contributed by atoms with Gasteiger partial charge >= 0.3 is 0 Å². The van der Waals surface area contributed by atoms with Crippen molar-refractivity contribution in [1.82, 2.24) is 4.98 Å². The minimum absolute atomic E-state index is 0.535. The first kappa shape index (κ1) is 9.50. The predicted octanol–water partition coefficient (Wildman–Crippen LogP) is 3.86. The summed E-state index contributed by atoms with van der Waals surface area (Å²) in [5, 5.41) is 1.08. The number of hydrogen-bond acceptors (Lipinski definition) is 1. The van der Waals surface area contributed by atoms with Crippen LogP contribution in [-0.4, -0.2) is 4.98 Å². The van der Waals surface area contributed by atoms with Crippen LogP contribution in [0.2, 0.25) is 10.0 Å². The van der Waals surface area contributed by atoms with Crippen LogP contribution in [-0.2, 0) is 0 Å². The lowest BCUT2D eigenvalue weighted by Gasteiger charge is -2.03. The van der Waals surface area contributed by atoms with E-state index in [1.165, 1.54) is 0 Å². The second kappa shape index (κ2) is 3.99. The SMILES string of the molecule is Clc1cccc(-c2cc[c]cn2)c1Cl. The predicted molar refractivity (Wildman–Crippen MR) is 58.5 cm³/mol. The zero-order chi connectivity index (χ0) is 9.97. The lowest BCUT2D eigenvalue weighted by Crippen LogP contribution is -1.83. The van der Waals surface area contributed by atoms with E-state index in [-0.39, 0.29) is 0 Å². The van der Waals surface area contributed by atoms with E-state index in [2.05, 4.69) is 11.1 Å². The molecule has 0 fully saturated rings. The van der Waals surface area contributed by atoms with Crippen LogP contribution in [0.1, 0.15) is 0 Å². The molecule has 0 spiro atoms. The fourth-order valence-electron chi connectivity index (χ4n) is 1.18. The van der Waals surface area contributed by atoms with Gasteiger partial charge < -0.3 is 0 Å². The number of rotatable bonds is 1. The Hall–Kier alpha value is -1.05. The minimum Gasteiger partial charge on any atom is -0.256 e. The van der Waals surface area contributed by atoms with Gasteiger partial charge in [-0.2, -0.15) is 0 Å². The van der Waals surface area contributed by atoms with Crippen LogP contribution in [0, 0.1) is 6.07 Å². The molecule has 2 rings (SSSR count). The summed E-state index contributed by atoms with van der Waals surface area (Å²) in [5.41, 5.74) is 1.64. The van der Waals surface area contributed by atoms with Crippen molar-refractivity contribution in [1.29, 1.82) is 0 Å². The average Bonchev–Trinajstić information content (AvgIpc) is 2.23. The summed E-state index contributed by atoms with van der Waals surface area (Å²) < 4.78 is 0. The fourth-order valence-corrected chi connectivity index (χ4v) is 1.58. The number of aromatic nitrogens is 1. The Bertz CT molecular complexity index is 440. The van der Waals surface area contributed by atoms with Crippen LogP contribution < -0.4 is 0 Å². The first-order valence-corrected chi connectivity index (χ1v) is 4.81. The van der Waals surface area contributed by atoms with Gasteiger partial charge in [-0.15, -0.1) is 0 Å². The van der Waals surface area contributed by atoms with Crippen molar-refractivity contribution in [2.75, 3.05) is 0 Å². The van der Waals surface area contributed by atoms with Gasteiger partial charge in [0.15, 0.2) is 0 Å². The monoisotopic (exact) mass is 222 g/mol. The molecule has 0 saturated heterocycles. The van der Waals surface area contributed by atoms with Gasteiger partial charge in [-0.1, -0.05) is 41.4 Å². The molecule has 3 heteroatoms. The molecule has 1 radical (unpaired) electrons. The molecular formula is C11H6Cl2N. The summed E-state index contributed by atoms with van der Waals surface area (Å²) in [5.74, 6) is 0. The van der Waals surface area contributed by atoms with Crippen LogP contribution in [0.3, 0.4) is 0 Å². The van der Waals surface area contributed by atoms with E-state index in [1.807, 2.05) is 18.2 Å². The van der Waals surface area contributed by atoms with Gasteiger partial charge in [0.25, 0.3) is 0 Å². The number of benzene rings is 1. The molecule has 1 nitrogen and oxygen atoms in total. The average molecular weight is 223 g/mol. The van der Waals surface area contributed by atoms with Crippen LogP contribution in [0.5, 0.6) is 0 Å². The van der Waals surface area contributed by atoms with E-state index in [4.69, 9.17) is 23.2 Å². The molecule has 0 amide bonds. The third-order valence-electron chi connectivity index (χ3n) is 1.84. The molecule has 0 saturated carbocycles. The first-order chi connectivity index (χ1) is 6.79. The summed E-state index contributed by atoms with van der Waals surface area (Å²) in [6.45, 7) is 0. The van der Waals surface area contributed by atoms with Crippen molar-refractivity contribution in [3.05, 3.63) is 52.6 Å². The summed E-state index contributed by atoms with van der Waals surface area (Å²) in [6.07, 6.45) is 1.60. The Morgan fingerprint density at radius 3 is 2.71 bits per heavy atom. The van der Waals surface area contributed by atoms with Crippen molar-refractivity contribution in [3.8, 4) is 11.3 Å². The van der Waals surface area contributed by atoms with Crippen molar-refractivity contribution in [2.45, 2.75) is 0 Å². The summed E-state index contributed by atoms with van der Waals surface area (Å²) in [7, 11) is 0.